The van der Waals surface area contributed by atoms with Crippen LogP contribution in [0.1, 0.15) is 11.1 Å². The lowest BCUT2D eigenvalue weighted by atomic mass is 10.1. The minimum Gasteiger partial charge on any atom is -0.311 e. The van der Waals surface area contributed by atoms with Crippen LogP contribution in [-0.4, -0.2) is 15.7 Å². The lowest BCUT2D eigenvalue weighted by Gasteiger charge is -2.25. The third-order valence-corrected chi connectivity index (χ3v) is 5.73. The van der Waals surface area contributed by atoms with Crippen LogP contribution in [0.4, 0.5) is 22.7 Å². The number of hydrogen-bond acceptors (Lipinski definition) is 4. The molecule has 5 aromatic rings. The molecule has 0 bridgehead atoms. The van der Waals surface area contributed by atoms with Crippen molar-refractivity contribution in [1.82, 2.24) is 9.97 Å². The Kier molecular flexibility index (Phi) is 4.74. The molecule has 3 aromatic carbocycles. The van der Waals surface area contributed by atoms with Gasteiger partial charge >= 0.3 is 0 Å². The number of para-hydroxylation sites is 2. The molecule has 0 aliphatic heterocycles. The molecule has 0 amide bonds. The van der Waals surface area contributed by atoms with Crippen molar-refractivity contribution in [2.75, 3.05) is 4.90 Å². The number of rotatable bonds is 4. The van der Waals surface area contributed by atoms with Crippen molar-refractivity contribution in [1.29, 1.82) is 0 Å². The van der Waals surface area contributed by atoms with Crippen LogP contribution in [0, 0.1) is 0 Å². The highest BCUT2D eigenvalue weighted by molar-refractivity contribution is 6.23. The van der Waals surface area contributed by atoms with Crippen LogP contribution in [0.15, 0.2) is 127 Å². The van der Waals surface area contributed by atoms with E-state index in [1.165, 1.54) is 0 Å². The summed E-state index contributed by atoms with van der Waals surface area (Å²) in [5.41, 5.74) is 8.92. The number of fused-ring (bicyclic) bond motifs is 3. The second-order valence-corrected chi connectivity index (χ2v) is 7.78. The molecule has 1 aliphatic rings. The van der Waals surface area contributed by atoms with Gasteiger partial charge in [0.05, 0.1) is 22.8 Å². The van der Waals surface area contributed by atoms with E-state index in [1.54, 1.807) is 12.4 Å². The van der Waals surface area contributed by atoms with Gasteiger partial charge in [0.15, 0.2) is 0 Å². The van der Waals surface area contributed by atoms with Crippen LogP contribution < -0.4 is 4.90 Å². The van der Waals surface area contributed by atoms with E-state index in [-0.39, 0.29) is 0 Å². The maximum Gasteiger partial charge on any atom is 0.0987 e. The van der Waals surface area contributed by atoms with Crippen LogP contribution in [-0.2, 0) is 0 Å². The van der Waals surface area contributed by atoms with Gasteiger partial charge in [0.25, 0.3) is 0 Å². The Hall–Kier alpha value is -4.57. The Morgan fingerprint density at radius 2 is 0.970 bits per heavy atom. The molecule has 156 valence electrons. The van der Waals surface area contributed by atoms with E-state index in [9.17, 15) is 0 Å². The van der Waals surface area contributed by atoms with Gasteiger partial charge in [-0.3, -0.25) is 9.97 Å². The number of aliphatic imine (C=N–C) groups is 1. The van der Waals surface area contributed by atoms with Gasteiger partial charge in [-0.25, -0.2) is 4.99 Å². The first-order valence-corrected chi connectivity index (χ1v) is 10.9. The summed E-state index contributed by atoms with van der Waals surface area (Å²) in [5, 5.41) is 0. The third kappa shape index (κ3) is 3.48. The van der Waals surface area contributed by atoms with Crippen molar-refractivity contribution in [3.63, 3.8) is 0 Å². The summed E-state index contributed by atoms with van der Waals surface area (Å²) in [6.45, 7) is 0. The van der Waals surface area contributed by atoms with E-state index in [0.717, 1.165) is 51.0 Å². The van der Waals surface area contributed by atoms with Crippen molar-refractivity contribution in [3.05, 3.63) is 133 Å². The molecule has 2 aromatic heterocycles. The Morgan fingerprint density at radius 1 is 0.485 bits per heavy atom. The van der Waals surface area contributed by atoms with E-state index < -0.39 is 0 Å². The number of pyridine rings is 2. The molecule has 0 saturated carbocycles. The molecule has 0 unspecified atom stereocenters. The largest absolute Gasteiger partial charge is 0.311 e. The van der Waals surface area contributed by atoms with E-state index in [1.807, 2.05) is 24.3 Å². The van der Waals surface area contributed by atoms with Gasteiger partial charge < -0.3 is 4.90 Å². The molecule has 4 heteroatoms. The highest BCUT2D eigenvalue weighted by atomic mass is 15.1. The average Bonchev–Trinajstić information content (AvgIpc) is 3.20. The Balaban J connectivity index is 1.41. The maximum atomic E-state index is 5.00. The lowest BCUT2D eigenvalue weighted by molar-refractivity contribution is 1.26. The highest BCUT2D eigenvalue weighted by Crippen LogP contribution is 2.37. The quantitative estimate of drug-likeness (QED) is 0.303. The summed E-state index contributed by atoms with van der Waals surface area (Å²) in [5.74, 6) is 0. The number of aromatic nitrogens is 2. The fraction of sp³-hybridized carbons (Fsp3) is 0. The first kappa shape index (κ1) is 19.1. The van der Waals surface area contributed by atoms with Crippen LogP contribution in [0.5, 0.6) is 0 Å². The van der Waals surface area contributed by atoms with E-state index in [0.29, 0.717) is 0 Å². The second kappa shape index (κ2) is 8.17. The molecule has 0 N–H and O–H groups in total. The van der Waals surface area contributed by atoms with Crippen molar-refractivity contribution in [2.45, 2.75) is 0 Å². The van der Waals surface area contributed by atoms with Crippen LogP contribution >= 0.6 is 0 Å². The van der Waals surface area contributed by atoms with Gasteiger partial charge in [-0.1, -0.05) is 36.4 Å². The molecule has 1 aliphatic carbocycles. The normalized spacial score (nSPS) is 11.6. The first-order chi connectivity index (χ1) is 16.4. The summed E-state index contributed by atoms with van der Waals surface area (Å²) < 4.78 is 0. The fourth-order valence-corrected chi connectivity index (χ4v) is 4.24. The fourth-order valence-electron chi connectivity index (χ4n) is 4.24. The minimum absolute atomic E-state index is 0.890. The molecule has 4 nitrogen and oxygen atoms in total. The molecule has 0 saturated heterocycles. The summed E-state index contributed by atoms with van der Waals surface area (Å²) in [6, 6.07) is 37.1. The molecule has 0 spiro atoms. The van der Waals surface area contributed by atoms with E-state index in [2.05, 4.69) is 99.8 Å². The third-order valence-electron chi connectivity index (χ3n) is 5.73. The monoisotopic (exact) mass is 424 g/mol. The van der Waals surface area contributed by atoms with E-state index in [4.69, 9.17) is 4.99 Å². The lowest BCUT2D eigenvalue weighted by Crippen LogP contribution is -2.09. The Morgan fingerprint density at radius 3 is 1.48 bits per heavy atom. The van der Waals surface area contributed by atoms with Gasteiger partial charge in [0.2, 0.25) is 0 Å². The van der Waals surface area contributed by atoms with E-state index >= 15 is 0 Å². The topological polar surface area (TPSA) is 41.4 Å². The Labute approximate surface area is 192 Å². The summed E-state index contributed by atoms with van der Waals surface area (Å²) in [6.07, 6.45) is 3.60. The molecular weight excluding hydrogens is 404 g/mol. The van der Waals surface area contributed by atoms with Gasteiger partial charge in [0, 0.05) is 40.6 Å². The van der Waals surface area contributed by atoms with Gasteiger partial charge in [0.1, 0.15) is 0 Å². The van der Waals surface area contributed by atoms with Crippen molar-refractivity contribution in [2.24, 2.45) is 4.99 Å². The molecule has 33 heavy (non-hydrogen) atoms. The smallest absolute Gasteiger partial charge is 0.0987 e. The molecular formula is C29H20N4. The Bertz CT molecular complexity index is 1360. The number of nitrogens with zero attached hydrogens (tertiary/aromatic N) is 4. The second-order valence-electron chi connectivity index (χ2n) is 7.78. The van der Waals surface area contributed by atoms with Gasteiger partial charge in [-0.15, -0.1) is 0 Å². The predicted octanol–water partition coefficient (Wildman–Crippen LogP) is 7.10. The zero-order valence-electron chi connectivity index (χ0n) is 17.8. The predicted molar refractivity (Wildman–Crippen MR) is 134 cm³/mol. The number of anilines is 3. The van der Waals surface area contributed by atoms with Crippen LogP contribution in [0.3, 0.4) is 0 Å². The van der Waals surface area contributed by atoms with Crippen LogP contribution in [0.2, 0.25) is 0 Å². The SMILES string of the molecule is c1ccc(N(c2ccccc2)c2ccc(N=C3c4cccnc4-c4ncccc43)cc2)cc1. The van der Waals surface area contributed by atoms with Crippen LogP contribution in [0.25, 0.3) is 11.4 Å². The molecule has 2 heterocycles. The average molecular weight is 425 g/mol. The minimum atomic E-state index is 0.890. The highest BCUT2D eigenvalue weighted by Gasteiger charge is 2.26. The maximum absolute atomic E-state index is 5.00. The van der Waals surface area contributed by atoms with Crippen molar-refractivity contribution < 1.29 is 0 Å². The first-order valence-electron chi connectivity index (χ1n) is 10.9. The molecule has 0 radical (unpaired) electrons. The summed E-state index contributed by atoms with van der Waals surface area (Å²) in [4.78, 5) is 16.3. The van der Waals surface area contributed by atoms with Gasteiger partial charge in [-0.2, -0.15) is 0 Å². The summed E-state index contributed by atoms with van der Waals surface area (Å²) >= 11 is 0. The van der Waals surface area contributed by atoms with Crippen molar-refractivity contribution >= 4 is 28.5 Å². The molecule has 0 atom stereocenters. The number of benzene rings is 3. The zero-order valence-corrected chi connectivity index (χ0v) is 17.8. The number of hydrogen-bond donors (Lipinski definition) is 0. The van der Waals surface area contributed by atoms with Gasteiger partial charge in [-0.05, 0) is 72.8 Å². The molecule has 6 rings (SSSR count). The summed E-state index contributed by atoms with van der Waals surface area (Å²) in [7, 11) is 0. The molecule has 0 fully saturated rings. The standard InChI is InChI=1S/C29H20N4/c1-3-9-22(10-4-1)33(23-11-5-2-6-12-23)24-17-15-21(16-18-24)32-27-25-13-7-19-30-28(25)29-26(27)14-8-20-31-29/h1-20H. The van der Waals surface area contributed by atoms with Crippen molar-refractivity contribution in [3.8, 4) is 11.4 Å². The zero-order chi connectivity index (χ0) is 22.0.